The third-order valence-corrected chi connectivity index (χ3v) is 4.30. The molecule has 140 valence electrons. The molecular formula is C21H16F2N4O. The number of aromatic nitrogens is 3. The topological polar surface area (TPSA) is 77.8 Å². The Morgan fingerprint density at radius 3 is 2.21 bits per heavy atom. The van der Waals surface area contributed by atoms with Gasteiger partial charge in [-0.3, -0.25) is 0 Å². The number of benzene rings is 1. The summed E-state index contributed by atoms with van der Waals surface area (Å²) in [6.45, 7) is 0. The minimum absolute atomic E-state index is 0.388. The standard InChI is InChI=1S/C21H16F2N4O/c22-19-10-15(11-20(23)26-19)8-13-3-5-14(6-4-13)9-16-12-18(28-27-16)17-2-1-7-25-21(17)24/h1-7,10-12H,8-9H2,(H2,24,25). The molecule has 4 aromatic rings. The molecule has 0 aliphatic carbocycles. The van der Waals surface area contributed by atoms with Crippen LogP contribution in [0.25, 0.3) is 11.3 Å². The van der Waals surface area contributed by atoms with Gasteiger partial charge in [-0.25, -0.2) is 4.98 Å². The Balaban J connectivity index is 1.46. The van der Waals surface area contributed by atoms with Gasteiger partial charge in [0.2, 0.25) is 11.9 Å². The zero-order chi connectivity index (χ0) is 19.5. The lowest BCUT2D eigenvalue weighted by Crippen LogP contribution is -1.95. The van der Waals surface area contributed by atoms with Crippen LogP contribution in [0.4, 0.5) is 14.6 Å². The summed E-state index contributed by atoms with van der Waals surface area (Å²) in [6.07, 6.45) is 2.62. The fourth-order valence-electron chi connectivity index (χ4n) is 2.98. The van der Waals surface area contributed by atoms with E-state index in [4.69, 9.17) is 10.3 Å². The monoisotopic (exact) mass is 378 g/mol. The Bertz CT molecular complexity index is 1090. The summed E-state index contributed by atoms with van der Waals surface area (Å²) in [6, 6.07) is 15.7. The predicted octanol–water partition coefficient (Wildman–Crippen LogP) is 4.17. The van der Waals surface area contributed by atoms with Crippen LogP contribution in [0.15, 0.2) is 65.3 Å². The molecule has 0 bridgehead atoms. The summed E-state index contributed by atoms with van der Waals surface area (Å²) in [7, 11) is 0. The van der Waals surface area contributed by atoms with Crippen LogP contribution in [0.5, 0.6) is 0 Å². The molecule has 28 heavy (non-hydrogen) atoms. The van der Waals surface area contributed by atoms with E-state index in [0.717, 1.165) is 16.8 Å². The van der Waals surface area contributed by atoms with Crippen LogP contribution in [0.1, 0.15) is 22.4 Å². The third-order valence-electron chi connectivity index (χ3n) is 4.30. The average molecular weight is 378 g/mol. The Morgan fingerprint density at radius 1 is 0.857 bits per heavy atom. The molecule has 0 amide bonds. The predicted molar refractivity (Wildman–Crippen MR) is 100 cm³/mol. The number of nitrogens with two attached hydrogens (primary N) is 1. The van der Waals surface area contributed by atoms with E-state index in [1.165, 1.54) is 12.1 Å². The molecule has 5 nitrogen and oxygen atoms in total. The van der Waals surface area contributed by atoms with Gasteiger partial charge in [-0.05, 0) is 47.4 Å². The molecule has 0 saturated carbocycles. The highest BCUT2D eigenvalue weighted by atomic mass is 19.1. The highest BCUT2D eigenvalue weighted by Gasteiger charge is 2.11. The largest absolute Gasteiger partial charge is 0.383 e. The fraction of sp³-hybridized carbons (Fsp3) is 0.0952. The van der Waals surface area contributed by atoms with Crippen LogP contribution >= 0.6 is 0 Å². The molecule has 7 heteroatoms. The molecular weight excluding hydrogens is 362 g/mol. The number of hydrogen-bond acceptors (Lipinski definition) is 5. The second-order valence-electron chi connectivity index (χ2n) is 6.41. The number of anilines is 1. The lowest BCUT2D eigenvalue weighted by atomic mass is 10.0. The van der Waals surface area contributed by atoms with Crippen molar-refractivity contribution >= 4 is 5.82 Å². The normalized spacial score (nSPS) is 10.9. The number of rotatable bonds is 5. The Morgan fingerprint density at radius 2 is 1.54 bits per heavy atom. The quantitative estimate of drug-likeness (QED) is 0.527. The Labute approximate surface area is 159 Å². The molecule has 0 radical (unpaired) electrons. The number of hydrogen-bond donors (Lipinski definition) is 1. The molecule has 4 rings (SSSR count). The summed E-state index contributed by atoms with van der Waals surface area (Å²) >= 11 is 0. The van der Waals surface area contributed by atoms with Crippen LogP contribution in [0.2, 0.25) is 0 Å². The maximum atomic E-state index is 13.2. The second-order valence-corrected chi connectivity index (χ2v) is 6.41. The van der Waals surface area contributed by atoms with E-state index in [-0.39, 0.29) is 0 Å². The van der Waals surface area contributed by atoms with E-state index in [2.05, 4.69) is 15.1 Å². The summed E-state index contributed by atoms with van der Waals surface area (Å²) < 4.78 is 31.8. The first kappa shape index (κ1) is 17.8. The highest BCUT2D eigenvalue weighted by Crippen LogP contribution is 2.25. The SMILES string of the molecule is Nc1ncccc1-c1cc(Cc2ccc(Cc3cc(F)nc(F)c3)cc2)no1. The fourth-order valence-corrected chi connectivity index (χ4v) is 2.98. The van der Waals surface area contributed by atoms with Gasteiger partial charge in [0.05, 0.1) is 11.3 Å². The molecule has 2 N–H and O–H groups in total. The lowest BCUT2D eigenvalue weighted by Gasteiger charge is -2.04. The molecule has 0 aliphatic heterocycles. The number of nitrogens with zero attached hydrogens (tertiary/aromatic N) is 3. The lowest BCUT2D eigenvalue weighted by molar-refractivity contribution is 0.425. The van der Waals surface area contributed by atoms with Crippen molar-refractivity contribution in [3.63, 3.8) is 0 Å². The highest BCUT2D eigenvalue weighted by molar-refractivity contribution is 5.69. The van der Waals surface area contributed by atoms with Gasteiger partial charge in [0.15, 0.2) is 5.76 Å². The molecule has 3 heterocycles. The van der Waals surface area contributed by atoms with Crippen molar-refractivity contribution in [2.24, 2.45) is 0 Å². The zero-order valence-corrected chi connectivity index (χ0v) is 14.8. The minimum atomic E-state index is -0.817. The summed E-state index contributed by atoms with van der Waals surface area (Å²) in [5.41, 5.74) is 9.85. The number of nitrogen functional groups attached to an aromatic ring is 1. The van der Waals surface area contributed by atoms with Crippen molar-refractivity contribution in [2.45, 2.75) is 12.8 Å². The summed E-state index contributed by atoms with van der Waals surface area (Å²) in [5, 5.41) is 4.09. The van der Waals surface area contributed by atoms with Gasteiger partial charge in [0.1, 0.15) is 5.82 Å². The molecule has 1 aromatic carbocycles. The van der Waals surface area contributed by atoms with Crippen molar-refractivity contribution < 1.29 is 13.3 Å². The van der Waals surface area contributed by atoms with Gasteiger partial charge in [-0.2, -0.15) is 13.8 Å². The maximum absolute atomic E-state index is 13.2. The zero-order valence-electron chi connectivity index (χ0n) is 14.8. The second kappa shape index (κ2) is 7.56. The van der Waals surface area contributed by atoms with E-state index in [1.807, 2.05) is 36.4 Å². The van der Waals surface area contributed by atoms with Gasteiger partial charge >= 0.3 is 0 Å². The number of pyridine rings is 2. The third kappa shape index (κ3) is 4.03. The van der Waals surface area contributed by atoms with Crippen LogP contribution in [-0.4, -0.2) is 15.1 Å². The molecule has 0 atom stereocenters. The minimum Gasteiger partial charge on any atom is -0.383 e. The van der Waals surface area contributed by atoms with E-state index >= 15 is 0 Å². The van der Waals surface area contributed by atoms with Gasteiger partial charge in [-0.15, -0.1) is 0 Å². The van der Waals surface area contributed by atoms with Crippen LogP contribution < -0.4 is 5.73 Å². The molecule has 0 fully saturated rings. The van der Waals surface area contributed by atoms with Crippen molar-refractivity contribution in [1.82, 2.24) is 15.1 Å². The van der Waals surface area contributed by atoms with E-state index in [0.29, 0.717) is 35.5 Å². The first-order valence-corrected chi connectivity index (χ1v) is 8.63. The van der Waals surface area contributed by atoms with Gasteiger partial charge in [0, 0.05) is 18.7 Å². The summed E-state index contributed by atoms with van der Waals surface area (Å²) in [4.78, 5) is 7.15. The Hall–Kier alpha value is -3.61. The van der Waals surface area contributed by atoms with Crippen LogP contribution in [0, 0.1) is 11.9 Å². The first-order valence-electron chi connectivity index (χ1n) is 8.63. The van der Waals surface area contributed by atoms with Crippen LogP contribution in [-0.2, 0) is 12.8 Å². The maximum Gasteiger partial charge on any atom is 0.215 e. The van der Waals surface area contributed by atoms with E-state index < -0.39 is 11.9 Å². The molecule has 0 spiro atoms. The average Bonchev–Trinajstić information content (AvgIpc) is 3.11. The smallest absolute Gasteiger partial charge is 0.215 e. The molecule has 0 saturated heterocycles. The molecule has 3 aromatic heterocycles. The van der Waals surface area contributed by atoms with Crippen molar-refractivity contribution in [2.75, 3.05) is 5.73 Å². The van der Waals surface area contributed by atoms with Gasteiger partial charge in [-0.1, -0.05) is 29.4 Å². The number of halogens is 2. The molecule has 0 aliphatic rings. The van der Waals surface area contributed by atoms with Crippen molar-refractivity contribution in [1.29, 1.82) is 0 Å². The van der Waals surface area contributed by atoms with Crippen molar-refractivity contribution in [3.05, 3.63) is 95.1 Å². The van der Waals surface area contributed by atoms with Crippen molar-refractivity contribution in [3.8, 4) is 11.3 Å². The van der Waals surface area contributed by atoms with Crippen LogP contribution in [0.3, 0.4) is 0 Å². The Kier molecular flexibility index (Phi) is 4.80. The first-order chi connectivity index (χ1) is 13.6. The molecule has 0 unspecified atom stereocenters. The van der Waals surface area contributed by atoms with E-state index in [1.54, 1.807) is 12.3 Å². The van der Waals surface area contributed by atoms with E-state index in [9.17, 15) is 8.78 Å². The summed E-state index contributed by atoms with van der Waals surface area (Å²) in [5.74, 6) is -0.678. The van der Waals surface area contributed by atoms with Gasteiger partial charge < -0.3 is 10.3 Å². The van der Waals surface area contributed by atoms with Gasteiger partial charge in [0.25, 0.3) is 0 Å².